The molecule has 5 aromatic rings. The summed E-state index contributed by atoms with van der Waals surface area (Å²) in [6.07, 6.45) is 1.64. The van der Waals surface area contributed by atoms with Gasteiger partial charge >= 0.3 is 0 Å². The van der Waals surface area contributed by atoms with Crippen LogP contribution in [0.2, 0.25) is 0 Å². The van der Waals surface area contributed by atoms with Crippen molar-refractivity contribution in [2.45, 2.75) is 0 Å². The van der Waals surface area contributed by atoms with Gasteiger partial charge in [0.15, 0.2) is 0 Å². The molecule has 9 heteroatoms. The minimum Gasteiger partial charge on any atom is -0.492 e. The number of hydrogen-bond acceptors (Lipinski definition) is 8. The lowest BCUT2D eigenvalue weighted by molar-refractivity contribution is 0.0322. The fourth-order valence-corrected chi connectivity index (χ4v) is 4.73. The van der Waals surface area contributed by atoms with Crippen molar-refractivity contribution >= 4 is 34.0 Å². The van der Waals surface area contributed by atoms with Gasteiger partial charge in [0, 0.05) is 54.9 Å². The Hall–Kier alpha value is -4.99. The number of nitrogens with zero attached hydrogens (tertiary/aromatic N) is 3. The summed E-state index contributed by atoms with van der Waals surface area (Å²) >= 11 is 0. The number of nitrogens with one attached hydrogen (secondary N) is 2. The highest BCUT2D eigenvalue weighted by atomic mass is 16.5. The minimum atomic E-state index is -0.168. The fraction of sp³-hybridized carbons (Fsp3) is 0.182. The highest BCUT2D eigenvalue weighted by Crippen LogP contribution is 2.28. The molecule has 6 rings (SSSR count). The van der Waals surface area contributed by atoms with Crippen molar-refractivity contribution in [3.05, 3.63) is 109 Å². The molecule has 1 amide bonds. The Morgan fingerprint density at radius 3 is 2.57 bits per heavy atom. The number of ether oxygens (including phenoxy) is 3. The molecule has 1 saturated heterocycles. The number of carbonyl (C=O) groups excluding carboxylic acids is 1. The summed E-state index contributed by atoms with van der Waals surface area (Å²) in [5.41, 5.74) is 2.14. The first kappa shape index (κ1) is 27.2. The van der Waals surface area contributed by atoms with E-state index in [1.165, 1.54) is 0 Å². The number of rotatable bonds is 10. The minimum absolute atomic E-state index is 0.168. The Balaban J connectivity index is 1.10. The van der Waals surface area contributed by atoms with Gasteiger partial charge in [0.25, 0.3) is 5.91 Å². The van der Waals surface area contributed by atoms with Gasteiger partial charge < -0.3 is 24.8 Å². The van der Waals surface area contributed by atoms with Crippen molar-refractivity contribution in [2.75, 3.05) is 50.1 Å². The molecule has 1 aliphatic rings. The molecule has 4 aromatic carbocycles. The lowest BCUT2D eigenvalue weighted by Crippen LogP contribution is -2.38. The van der Waals surface area contributed by atoms with Gasteiger partial charge in [-0.2, -0.15) is 4.98 Å². The molecule has 9 nitrogen and oxygen atoms in total. The Morgan fingerprint density at radius 2 is 1.69 bits per heavy atom. The zero-order chi connectivity index (χ0) is 28.6. The molecule has 0 radical (unpaired) electrons. The summed E-state index contributed by atoms with van der Waals surface area (Å²) < 4.78 is 17.4. The highest BCUT2D eigenvalue weighted by Gasteiger charge is 2.12. The SMILES string of the molecule is O=C(Nc1ccccc1)c1cccc2cc(Oc3ccnc(Nc4cccc(OCCN5CCOCC5)c4)n3)ccc12. The molecule has 2 N–H and O–H groups in total. The van der Waals surface area contributed by atoms with E-state index in [-0.39, 0.29) is 5.91 Å². The van der Waals surface area contributed by atoms with Crippen LogP contribution >= 0.6 is 0 Å². The summed E-state index contributed by atoms with van der Waals surface area (Å²) in [7, 11) is 0. The van der Waals surface area contributed by atoms with Crippen molar-refractivity contribution in [3.63, 3.8) is 0 Å². The Morgan fingerprint density at radius 1 is 0.857 bits per heavy atom. The zero-order valence-corrected chi connectivity index (χ0v) is 23.0. The van der Waals surface area contributed by atoms with Crippen LogP contribution in [0.4, 0.5) is 17.3 Å². The number of para-hydroxylation sites is 1. The molecule has 1 aromatic heterocycles. The van der Waals surface area contributed by atoms with Crippen LogP contribution in [0, 0.1) is 0 Å². The van der Waals surface area contributed by atoms with Crippen molar-refractivity contribution in [1.29, 1.82) is 0 Å². The predicted octanol–water partition coefficient (Wildman–Crippen LogP) is 6.13. The molecule has 42 heavy (non-hydrogen) atoms. The van der Waals surface area contributed by atoms with Gasteiger partial charge in [-0.1, -0.05) is 36.4 Å². The van der Waals surface area contributed by atoms with Gasteiger partial charge in [-0.3, -0.25) is 9.69 Å². The van der Waals surface area contributed by atoms with E-state index < -0.39 is 0 Å². The Labute approximate surface area is 244 Å². The average molecular weight is 562 g/mol. The standard InChI is InChI=1S/C33H31N5O4/c39-32(35-25-7-2-1-3-8-25)30-11-4-6-24-22-28(12-13-29(24)30)42-31-14-15-34-33(37-31)36-26-9-5-10-27(23-26)41-21-18-38-16-19-40-20-17-38/h1-15,22-23H,16-21H2,(H,35,39)(H,34,36,37). The number of aromatic nitrogens is 2. The average Bonchev–Trinajstić information content (AvgIpc) is 3.02. The summed E-state index contributed by atoms with van der Waals surface area (Å²) in [4.78, 5) is 24.1. The van der Waals surface area contributed by atoms with Gasteiger partial charge in [0.1, 0.15) is 18.1 Å². The second-order valence-corrected chi connectivity index (χ2v) is 9.78. The second kappa shape index (κ2) is 13.1. The maximum absolute atomic E-state index is 12.9. The molecular formula is C33H31N5O4. The number of fused-ring (bicyclic) bond motifs is 1. The summed E-state index contributed by atoms with van der Waals surface area (Å²) in [6.45, 7) is 4.89. The zero-order valence-electron chi connectivity index (χ0n) is 23.0. The molecule has 0 bridgehead atoms. The smallest absolute Gasteiger partial charge is 0.256 e. The fourth-order valence-electron chi connectivity index (χ4n) is 4.73. The summed E-state index contributed by atoms with van der Waals surface area (Å²) in [6, 6.07) is 30.0. The maximum Gasteiger partial charge on any atom is 0.256 e. The molecule has 0 aliphatic carbocycles. The lowest BCUT2D eigenvalue weighted by Gasteiger charge is -2.26. The van der Waals surface area contributed by atoms with E-state index in [4.69, 9.17) is 14.2 Å². The molecule has 0 unspecified atom stereocenters. The largest absolute Gasteiger partial charge is 0.492 e. The summed E-state index contributed by atoms with van der Waals surface area (Å²) in [5, 5.41) is 7.89. The second-order valence-electron chi connectivity index (χ2n) is 9.78. The predicted molar refractivity (Wildman–Crippen MR) is 163 cm³/mol. The molecule has 0 spiro atoms. The van der Waals surface area contributed by atoms with Gasteiger partial charge in [0.2, 0.25) is 11.8 Å². The van der Waals surface area contributed by atoms with Crippen LogP contribution in [0.5, 0.6) is 17.4 Å². The van der Waals surface area contributed by atoms with E-state index in [1.54, 1.807) is 12.3 Å². The van der Waals surface area contributed by atoms with Gasteiger partial charge in [-0.15, -0.1) is 0 Å². The van der Waals surface area contributed by atoms with Crippen LogP contribution in [0.25, 0.3) is 10.8 Å². The first-order valence-corrected chi connectivity index (χ1v) is 13.9. The number of amides is 1. The topological polar surface area (TPSA) is 97.8 Å². The monoisotopic (exact) mass is 561 g/mol. The van der Waals surface area contributed by atoms with E-state index in [0.29, 0.717) is 29.7 Å². The van der Waals surface area contributed by atoms with Crippen LogP contribution in [0.1, 0.15) is 10.4 Å². The summed E-state index contributed by atoms with van der Waals surface area (Å²) in [5.74, 6) is 2.00. The van der Waals surface area contributed by atoms with Gasteiger partial charge in [-0.05, 0) is 59.3 Å². The molecule has 212 valence electrons. The van der Waals surface area contributed by atoms with Crippen LogP contribution in [-0.2, 0) is 4.74 Å². The van der Waals surface area contributed by atoms with E-state index in [0.717, 1.165) is 60.7 Å². The van der Waals surface area contributed by atoms with Crippen molar-refractivity contribution in [1.82, 2.24) is 14.9 Å². The number of hydrogen-bond donors (Lipinski definition) is 2. The lowest BCUT2D eigenvalue weighted by atomic mass is 10.0. The maximum atomic E-state index is 12.9. The quantitative estimate of drug-likeness (QED) is 0.210. The third-order valence-electron chi connectivity index (χ3n) is 6.85. The normalized spacial score (nSPS) is 13.4. The first-order chi connectivity index (χ1) is 20.7. The van der Waals surface area contributed by atoms with Gasteiger partial charge in [-0.25, -0.2) is 4.98 Å². The molecule has 0 saturated carbocycles. The molecule has 1 aliphatic heterocycles. The van der Waals surface area contributed by atoms with Crippen molar-refractivity contribution in [2.24, 2.45) is 0 Å². The van der Waals surface area contributed by atoms with Crippen LogP contribution in [-0.4, -0.2) is 60.2 Å². The van der Waals surface area contributed by atoms with E-state index in [9.17, 15) is 4.79 Å². The number of anilines is 3. The third-order valence-corrected chi connectivity index (χ3v) is 6.85. The molecule has 1 fully saturated rings. The molecule has 2 heterocycles. The Bertz CT molecular complexity index is 1660. The van der Waals surface area contributed by atoms with E-state index in [2.05, 4.69) is 25.5 Å². The number of carbonyl (C=O) groups is 1. The third kappa shape index (κ3) is 7.01. The van der Waals surface area contributed by atoms with Gasteiger partial charge in [0.05, 0.1) is 13.2 Å². The van der Waals surface area contributed by atoms with Crippen molar-refractivity contribution in [3.8, 4) is 17.4 Å². The van der Waals surface area contributed by atoms with Crippen LogP contribution in [0.15, 0.2) is 103 Å². The number of morpholine rings is 1. The van der Waals surface area contributed by atoms with E-state index >= 15 is 0 Å². The van der Waals surface area contributed by atoms with Crippen LogP contribution < -0.4 is 20.1 Å². The van der Waals surface area contributed by atoms with Crippen molar-refractivity contribution < 1.29 is 19.0 Å². The molecular weight excluding hydrogens is 530 g/mol. The van der Waals surface area contributed by atoms with E-state index in [1.807, 2.05) is 91.0 Å². The van der Waals surface area contributed by atoms with Crippen LogP contribution in [0.3, 0.4) is 0 Å². The first-order valence-electron chi connectivity index (χ1n) is 13.9. The Kier molecular flexibility index (Phi) is 8.49. The highest BCUT2D eigenvalue weighted by molar-refractivity contribution is 6.13. The number of benzene rings is 4. The molecule has 0 atom stereocenters.